The summed E-state index contributed by atoms with van der Waals surface area (Å²) < 4.78 is 5.50. The Kier molecular flexibility index (Phi) is 5.18. The van der Waals surface area contributed by atoms with Crippen molar-refractivity contribution in [3.05, 3.63) is 88.1 Å². The summed E-state index contributed by atoms with van der Waals surface area (Å²) in [4.78, 5) is 28.2. The maximum absolute atomic E-state index is 13.0. The maximum atomic E-state index is 13.0. The minimum atomic E-state index is -0.702. The molecule has 0 radical (unpaired) electrons. The van der Waals surface area contributed by atoms with Gasteiger partial charge in [-0.05, 0) is 42.6 Å². The van der Waals surface area contributed by atoms with Crippen molar-refractivity contribution in [1.82, 2.24) is 0 Å². The molecule has 3 aromatic rings. The zero-order chi connectivity index (χ0) is 20.4. The predicted octanol–water partition coefficient (Wildman–Crippen LogP) is 4.77. The van der Waals surface area contributed by atoms with Gasteiger partial charge >= 0.3 is 0 Å². The highest BCUT2D eigenvalue weighted by Crippen LogP contribution is 2.43. The minimum absolute atomic E-state index is 0.0787. The number of anilines is 1. The summed E-state index contributed by atoms with van der Waals surface area (Å²) in [5, 5.41) is 12.9. The fourth-order valence-corrected chi connectivity index (χ4v) is 4.28. The standard InChI is InChI=1S/C23H19NO4S/c1-2-28-17-11-6-8-15(14-17)21(25)19-20(18-12-7-13-29-18)24(23(27)22(19)26)16-9-4-3-5-10-16/h3-14,20,25H,2H2,1H3/b21-19-. The van der Waals surface area contributed by atoms with Crippen LogP contribution < -0.4 is 9.64 Å². The summed E-state index contributed by atoms with van der Waals surface area (Å²) >= 11 is 1.43. The summed E-state index contributed by atoms with van der Waals surface area (Å²) in [6.45, 7) is 2.35. The lowest BCUT2D eigenvalue weighted by Gasteiger charge is -2.24. The van der Waals surface area contributed by atoms with Gasteiger partial charge < -0.3 is 9.84 Å². The maximum Gasteiger partial charge on any atom is 0.300 e. The molecule has 4 rings (SSSR count). The van der Waals surface area contributed by atoms with Crippen molar-refractivity contribution in [1.29, 1.82) is 0 Å². The summed E-state index contributed by atoms with van der Waals surface area (Å²) in [5.74, 6) is -0.980. The molecule has 0 saturated carbocycles. The van der Waals surface area contributed by atoms with Crippen molar-refractivity contribution in [2.75, 3.05) is 11.5 Å². The molecule has 29 heavy (non-hydrogen) atoms. The van der Waals surface area contributed by atoms with Crippen LogP contribution in [-0.4, -0.2) is 23.4 Å². The third-order valence-electron chi connectivity index (χ3n) is 4.71. The summed E-state index contributed by atoms with van der Waals surface area (Å²) in [6, 6.07) is 18.9. The van der Waals surface area contributed by atoms with Gasteiger partial charge in [0, 0.05) is 16.1 Å². The van der Waals surface area contributed by atoms with Crippen LogP contribution in [0.15, 0.2) is 77.7 Å². The number of para-hydroxylation sites is 1. The van der Waals surface area contributed by atoms with Crippen LogP contribution in [0.2, 0.25) is 0 Å². The number of nitrogens with zero attached hydrogens (tertiary/aromatic N) is 1. The molecule has 2 heterocycles. The van der Waals surface area contributed by atoms with E-state index in [1.165, 1.54) is 16.2 Å². The van der Waals surface area contributed by atoms with Crippen molar-refractivity contribution >= 4 is 34.5 Å². The van der Waals surface area contributed by atoms with Gasteiger partial charge in [0.2, 0.25) is 0 Å². The molecule has 5 nitrogen and oxygen atoms in total. The molecule has 1 amide bonds. The van der Waals surface area contributed by atoms with Gasteiger partial charge in [-0.3, -0.25) is 14.5 Å². The van der Waals surface area contributed by atoms with E-state index in [2.05, 4.69) is 0 Å². The van der Waals surface area contributed by atoms with Crippen LogP contribution in [0.3, 0.4) is 0 Å². The molecule has 1 unspecified atom stereocenters. The van der Waals surface area contributed by atoms with Crippen molar-refractivity contribution in [3.63, 3.8) is 0 Å². The largest absolute Gasteiger partial charge is 0.507 e. The van der Waals surface area contributed by atoms with Crippen molar-refractivity contribution in [3.8, 4) is 5.75 Å². The van der Waals surface area contributed by atoms with E-state index in [1.807, 2.05) is 42.6 Å². The Balaban J connectivity index is 1.89. The molecule has 1 aliphatic heterocycles. The zero-order valence-corrected chi connectivity index (χ0v) is 16.6. The number of thiophene rings is 1. The first-order chi connectivity index (χ1) is 14.1. The van der Waals surface area contributed by atoms with Crippen LogP contribution in [0.4, 0.5) is 5.69 Å². The molecule has 146 valence electrons. The number of ketones is 1. The number of hydrogen-bond donors (Lipinski definition) is 1. The van der Waals surface area contributed by atoms with Crippen LogP contribution >= 0.6 is 11.3 Å². The van der Waals surface area contributed by atoms with Gasteiger partial charge in [-0.15, -0.1) is 11.3 Å². The van der Waals surface area contributed by atoms with E-state index in [0.29, 0.717) is 23.6 Å². The molecule has 1 N–H and O–H groups in total. The summed E-state index contributed by atoms with van der Waals surface area (Å²) in [6.07, 6.45) is 0. The quantitative estimate of drug-likeness (QED) is 0.377. The highest BCUT2D eigenvalue weighted by Gasteiger charge is 2.47. The number of amides is 1. The van der Waals surface area contributed by atoms with Crippen LogP contribution in [0, 0.1) is 0 Å². The summed E-state index contributed by atoms with van der Waals surface area (Å²) in [7, 11) is 0. The Morgan fingerprint density at radius 1 is 1.07 bits per heavy atom. The Hall–Kier alpha value is -3.38. The highest BCUT2D eigenvalue weighted by atomic mass is 32.1. The van der Waals surface area contributed by atoms with E-state index < -0.39 is 17.7 Å². The van der Waals surface area contributed by atoms with E-state index in [9.17, 15) is 14.7 Å². The number of Topliss-reactive ketones (excluding diaryl/α,β-unsaturated/α-hetero) is 1. The minimum Gasteiger partial charge on any atom is -0.507 e. The molecule has 0 aliphatic carbocycles. The molecule has 6 heteroatoms. The number of carbonyl (C=O) groups is 2. The average Bonchev–Trinajstić information content (AvgIpc) is 3.36. The predicted molar refractivity (Wildman–Crippen MR) is 113 cm³/mol. The summed E-state index contributed by atoms with van der Waals surface area (Å²) in [5.41, 5.74) is 1.12. The molecule has 1 saturated heterocycles. The first-order valence-corrected chi connectivity index (χ1v) is 10.1. The zero-order valence-electron chi connectivity index (χ0n) is 15.7. The van der Waals surface area contributed by atoms with Gasteiger partial charge in [0.15, 0.2) is 0 Å². The number of aliphatic hydroxyl groups excluding tert-OH is 1. The second kappa shape index (κ2) is 7.93. The van der Waals surface area contributed by atoms with Gasteiger partial charge in [-0.25, -0.2) is 0 Å². The third-order valence-corrected chi connectivity index (χ3v) is 5.63. The third kappa shape index (κ3) is 3.43. The molecular weight excluding hydrogens is 386 g/mol. The fraction of sp³-hybridized carbons (Fsp3) is 0.130. The van der Waals surface area contributed by atoms with Gasteiger partial charge in [0.25, 0.3) is 11.7 Å². The highest BCUT2D eigenvalue weighted by molar-refractivity contribution is 7.10. The van der Waals surface area contributed by atoms with E-state index in [1.54, 1.807) is 36.4 Å². The molecule has 0 bridgehead atoms. The first kappa shape index (κ1) is 19.0. The van der Waals surface area contributed by atoms with Gasteiger partial charge in [0.05, 0.1) is 12.2 Å². The van der Waals surface area contributed by atoms with Gasteiger partial charge in [-0.2, -0.15) is 0 Å². The number of ether oxygens (including phenoxy) is 1. The SMILES string of the molecule is CCOc1cccc(/C(O)=C2/C(=O)C(=O)N(c3ccccc3)C2c2cccs2)c1. The van der Waals surface area contributed by atoms with Crippen LogP contribution in [0.25, 0.3) is 5.76 Å². The lowest BCUT2D eigenvalue weighted by Crippen LogP contribution is -2.29. The Morgan fingerprint density at radius 3 is 2.55 bits per heavy atom. The molecule has 1 atom stereocenters. The normalized spacial score (nSPS) is 18.2. The Labute approximate surface area is 172 Å². The van der Waals surface area contributed by atoms with Crippen molar-refractivity contribution in [2.24, 2.45) is 0 Å². The second-order valence-corrected chi connectivity index (χ2v) is 7.46. The molecule has 0 spiro atoms. The van der Waals surface area contributed by atoms with Gasteiger partial charge in [0.1, 0.15) is 17.6 Å². The topological polar surface area (TPSA) is 66.8 Å². The monoisotopic (exact) mass is 405 g/mol. The molecule has 2 aromatic carbocycles. The molecule has 1 aromatic heterocycles. The van der Waals surface area contributed by atoms with E-state index in [4.69, 9.17) is 4.74 Å². The number of carbonyl (C=O) groups excluding carboxylic acids is 2. The van der Waals surface area contributed by atoms with Gasteiger partial charge in [-0.1, -0.05) is 36.4 Å². The number of hydrogen-bond acceptors (Lipinski definition) is 5. The molecule has 1 fully saturated rings. The lowest BCUT2D eigenvalue weighted by atomic mass is 9.99. The Bertz CT molecular complexity index is 1070. The molecular formula is C23H19NO4S. The van der Waals surface area contributed by atoms with Crippen molar-refractivity contribution < 1.29 is 19.4 Å². The number of aliphatic hydroxyl groups is 1. The second-order valence-electron chi connectivity index (χ2n) is 6.48. The Morgan fingerprint density at radius 2 is 1.86 bits per heavy atom. The van der Waals surface area contributed by atoms with Crippen LogP contribution in [0.5, 0.6) is 5.75 Å². The van der Waals surface area contributed by atoms with E-state index >= 15 is 0 Å². The van der Waals surface area contributed by atoms with Crippen LogP contribution in [0.1, 0.15) is 23.4 Å². The van der Waals surface area contributed by atoms with Crippen LogP contribution in [-0.2, 0) is 9.59 Å². The number of benzene rings is 2. The lowest BCUT2D eigenvalue weighted by molar-refractivity contribution is -0.132. The first-order valence-electron chi connectivity index (χ1n) is 9.24. The molecule has 1 aliphatic rings. The van der Waals surface area contributed by atoms with E-state index in [-0.39, 0.29) is 11.3 Å². The average molecular weight is 405 g/mol. The van der Waals surface area contributed by atoms with Crippen molar-refractivity contribution in [2.45, 2.75) is 13.0 Å². The van der Waals surface area contributed by atoms with E-state index in [0.717, 1.165) is 4.88 Å². The smallest absolute Gasteiger partial charge is 0.300 e. The fourth-order valence-electron chi connectivity index (χ4n) is 3.46. The number of rotatable bonds is 5.